The second kappa shape index (κ2) is 10.6. The normalized spacial score (nSPS) is 14.5. The first-order chi connectivity index (χ1) is 14.6. The first-order valence-electron chi connectivity index (χ1n) is 10.3. The van der Waals surface area contributed by atoms with Gasteiger partial charge in [0.05, 0.1) is 14.2 Å². The van der Waals surface area contributed by atoms with E-state index in [1.165, 1.54) is 43.7 Å². The van der Waals surface area contributed by atoms with E-state index in [1.54, 1.807) is 38.5 Å². The molecule has 0 aliphatic heterocycles. The average molecular weight is 408 g/mol. The molecule has 5 heteroatoms. The van der Waals surface area contributed by atoms with Gasteiger partial charge in [0, 0.05) is 23.3 Å². The Hall–Kier alpha value is -3.08. The fourth-order valence-corrected chi connectivity index (χ4v) is 3.76. The smallest absolute Gasteiger partial charge is 0.331 e. The van der Waals surface area contributed by atoms with Crippen LogP contribution >= 0.6 is 0 Å². The van der Waals surface area contributed by atoms with Crippen molar-refractivity contribution in [3.63, 3.8) is 0 Å². The minimum atomic E-state index is -0.583. The maximum Gasteiger partial charge on any atom is 0.331 e. The molecular weight excluding hydrogens is 380 g/mol. The van der Waals surface area contributed by atoms with Crippen LogP contribution in [-0.2, 0) is 9.53 Å². The number of methoxy groups -OCH3 is 2. The molecule has 1 saturated carbocycles. The van der Waals surface area contributed by atoms with Gasteiger partial charge in [-0.05, 0) is 42.5 Å². The summed E-state index contributed by atoms with van der Waals surface area (Å²) in [5.74, 6) is 1.04. The molecule has 1 aliphatic carbocycles. The first-order valence-corrected chi connectivity index (χ1v) is 10.3. The van der Waals surface area contributed by atoms with Crippen molar-refractivity contribution < 1.29 is 23.8 Å². The van der Waals surface area contributed by atoms with Crippen LogP contribution in [0.25, 0.3) is 6.08 Å². The Labute approximate surface area is 177 Å². The topological polar surface area (TPSA) is 61.8 Å². The van der Waals surface area contributed by atoms with E-state index in [0.29, 0.717) is 28.5 Å². The summed E-state index contributed by atoms with van der Waals surface area (Å²) in [6, 6.07) is 13.0. The van der Waals surface area contributed by atoms with E-state index in [4.69, 9.17) is 14.2 Å². The molecule has 0 bridgehead atoms. The second-order valence-electron chi connectivity index (χ2n) is 7.43. The Balaban J connectivity index is 1.53. The molecule has 0 heterocycles. The largest absolute Gasteiger partial charge is 0.497 e. The maximum absolute atomic E-state index is 12.3. The van der Waals surface area contributed by atoms with Gasteiger partial charge in [0.1, 0.15) is 11.5 Å². The van der Waals surface area contributed by atoms with E-state index in [0.717, 1.165) is 0 Å². The zero-order chi connectivity index (χ0) is 21.3. The van der Waals surface area contributed by atoms with E-state index >= 15 is 0 Å². The second-order valence-corrected chi connectivity index (χ2v) is 7.43. The van der Waals surface area contributed by atoms with Crippen LogP contribution in [0.5, 0.6) is 11.5 Å². The summed E-state index contributed by atoms with van der Waals surface area (Å²) < 4.78 is 15.5. The molecule has 5 nitrogen and oxygen atoms in total. The fourth-order valence-electron chi connectivity index (χ4n) is 3.76. The highest BCUT2D eigenvalue weighted by molar-refractivity contribution is 5.99. The number of hydrogen-bond acceptors (Lipinski definition) is 5. The van der Waals surface area contributed by atoms with E-state index in [2.05, 4.69) is 0 Å². The Morgan fingerprint density at radius 2 is 1.70 bits per heavy atom. The molecule has 0 atom stereocenters. The number of ether oxygens (including phenoxy) is 3. The van der Waals surface area contributed by atoms with Crippen molar-refractivity contribution in [1.29, 1.82) is 0 Å². The lowest BCUT2D eigenvalue weighted by Crippen LogP contribution is -2.13. The molecule has 2 aromatic rings. The van der Waals surface area contributed by atoms with Crippen molar-refractivity contribution in [3.05, 3.63) is 65.2 Å². The van der Waals surface area contributed by atoms with Crippen LogP contribution in [0.1, 0.15) is 59.5 Å². The van der Waals surface area contributed by atoms with Crippen LogP contribution in [-0.4, -0.2) is 32.6 Å². The number of carbonyl (C=O) groups is 2. The monoisotopic (exact) mass is 408 g/mol. The summed E-state index contributed by atoms with van der Waals surface area (Å²) >= 11 is 0. The molecule has 0 spiro atoms. The third-order valence-electron chi connectivity index (χ3n) is 5.49. The minimum absolute atomic E-state index is 0.214. The van der Waals surface area contributed by atoms with E-state index in [9.17, 15) is 9.59 Å². The van der Waals surface area contributed by atoms with Crippen LogP contribution in [0, 0.1) is 0 Å². The molecule has 0 amide bonds. The summed E-state index contributed by atoms with van der Waals surface area (Å²) in [6.45, 7) is -0.286. The molecular formula is C25H28O5. The summed E-state index contributed by atoms with van der Waals surface area (Å²) in [5, 5.41) is 0. The fraction of sp³-hybridized carbons (Fsp3) is 0.360. The predicted octanol–water partition coefficient (Wildman–Crippen LogP) is 5.19. The predicted molar refractivity (Wildman–Crippen MR) is 116 cm³/mol. The highest BCUT2D eigenvalue weighted by Crippen LogP contribution is 2.32. The van der Waals surface area contributed by atoms with Crippen LogP contribution in [0.2, 0.25) is 0 Å². The van der Waals surface area contributed by atoms with Gasteiger partial charge < -0.3 is 14.2 Å². The number of benzene rings is 2. The maximum atomic E-state index is 12.3. The SMILES string of the molecule is COc1ccc(C=CC(=O)OCC(=O)c2ccc(C3CCCCC3)cc2)c(OC)c1. The van der Waals surface area contributed by atoms with Crippen molar-refractivity contribution in [1.82, 2.24) is 0 Å². The minimum Gasteiger partial charge on any atom is -0.497 e. The molecule has 0 N–H and O–H groups in total. The van der Waals surface area contributed by atoms with Crippen molar-refractivity contribution >= 4 is 17.8 Å². The lowest BCUT2D eigenvalue weighted by atomic mass is 9.84. The van der Waals surface area contributed by atoms with E-state index in [1.807, 2.05) is 24.3 Å². The number of ketones is 1. The lowest BCUT2D eigenvalue weighted by molar-refractivity contribution is -0.136. The number of Topliss-reactive ketones (excluding diaryl/α,β-unsaturated/α-hetero) is 1. The van der Waals surface area contributed by atoms with Gasteiger partial charge in [-0.25, -0.2) is 4.79 Å². The highest BCUT2D eigenvalue weighted by Gasteiger charge is 2.16. The third-order valence-corrected chi connectivity index (χ3v) is 5.49. The average Bonchev–Trinajstić information content (AvgIpc) is 2.81. The molecule has 2 aromatic carbocycles. The number of esters is 1. The van der Waals surface area contributed by atoms with Gasteiger partial charge >= 0.3 is 5.97 Å². The molecule has 1 aliphatic rings. The van der Waals surface area contributed by atoms with Crippen LogP contribution in [0.15, 0.2) is 48.5 Å². The number of rotatable bonds is 8. The van der Waals surface area contributed by atoms with Crippen LogP contribution in [0.4, 0.5) is 0 Å². The van der Waals surface area contributed by atoms with E-state index in [-0.39, 0.29) is 12.4 Å². The molecule has 0 unspecified atom stereocenters. The number of carbonyl (C=O) groups excluding carboxylic acids is 2. The van der Waals surface area contributed by atoms with Crippen molar-refractivity contribution in [2.24, 2.45) is 0 Å². The quantitative estimate of drug-likeness (QED) is 0.342. The van der Waals surface area contributed by atoms with Crippen molar-refractivity contribution in [2.45, 2.75) is 38.0 Å². The standard InChI is InChI=1S/C25H28O5/c1-28-22-14-12-21(24(16-22)29-2)13-15-25(27)30-17-23(26)20-10-8-19(9-11-20)18-6-4-3-5-7-18/h8-16,18H,3-7,17H2,1-2H3. The Morgan fingerprint density at radius 1 is 0.967 bits per heavy atom. The molecule has 0 radical (unpaired) electrons. The molecule has 3 rings (SSSR count). The van der Waals surface area contributed by atoms with Crippen molar-refractivity contribution in [2.75, 3.05) is 20.8 Å². The van der Waals surface area contributed by atoms with Crippen LogP contribution < -0.4 is 9.47 Å². The summed E-state index contributed by atoms with van der Waals surface area (Å²) in [4.78, 5) is 24.4. The zero-order valence-corrected chi connectivity index (χ0v) is 17.6. The van der Waals surface area contributed by atoms with Gasteiger partial charge in [-0.3, -0.25) is 4.79 Å². The Morgan fingerprint density at radius 3 is 2.37 bits per heavy atom. The zero-order valence-electron chi connectivity index (χ0n) is 17.6. The summed E-state index contributed by atoms with van der Waals surface area (Å²) in [7, 11) is 3.12. The van der Waals surface area contributed by atoms with Gasteiger partial charge in [0.15, 0.2) is 12.4 Å². The van der Waals surface area contributed by atoms with Crippen LogP contribution in [0.3, 0.4) is 0 Å². The third kappa shape index (κ3) is 5.72. The molecule has 30 heavy (non-hydrogen) atoms. The highest BCUT2D eigenvalue weighted by atomic mass is 16.5. The van der Waals surface area contributed by atoms with Gasteiger partial charge in [0.25, 0.3) is 0 Å². The van der Waals surface area contributed by atoms with Gasteiger partial charge in [-0.15, -0.1) is 0 Å². The summed E-state index contributed by atoms with van der Waals surface area (Å²) in [6.07, 6.45) is 9.17. The lowest BCUT2D eigenvalue weighted by Gasteiger charge is -2.22. The molecule has 158 valence electrons. The molecule has 0 aromatic heterocycles. The summed E-state index contributed by atoms with van der Waals surface area (Å²) in [5.41, 5.74) is 2.56. The molecule has 0 saturated heterocycles. The van der Waals surface area contributed by atoms with Gasteiger partial charge in [-0.2, -0.15) is 0 Å². The Kier molecular flexibility index (Phi) is 7.66. The van der Waals surface area contributed by atoms with Crippen molar-refractivity contribution in [3.8, 4) is 11.5 Å². The Bertz CT molecular complexity index is 892. The first kappa shape index (κ1) is 21.6. The van der Waals surface area contributed by atoms with Gasteiger partial charge in [-0.1, -0.05) is 43.5 Å². The number of hydrogen-bond donors (Lipinski definition) is 0. The molecule has 1 fully saturated rings. The van der Waals surface area contributed by atoms with Gasteiger partial charge in [0.2, 0.25) is 0 Å². The van der Waals surface area contributed by atoms with E-state index < -0.39 is 5.97 Å².